The van der Waals surface area contributed by atoms with Crippen LogP contribution in [-0.2, 0) is 0 Å². The van der Waals surface area contributed by atoms with Gasteiger partial charge in [-0.2, -0.15) is 0 Å². The van der Waals surface area contributed by atoms with Crippen molar-refractivity contribution in [2.24, 2.45) is 0 Å². The van der Waals surface area contributed by atoms with Crippen molar-refractivity contribution in [2.45, 2.75) is 0 Å². The third kappa shape index (κ3) is 4.28. The lowest BCUT2D eigenvalue weighted by atomic mass is 9.90. The summed E-state index contributed by atoms with van der Waals surface area (Å²) in [5, 5.41) is 10.6. The van der Waals surface area contributed by atoms with Gasteiger partial charge in [-0.1, -0.05) is 158 Å². The molecule has 0 radical (unpaired) electrons. The van der Waals surface area contributed by atoms with Crippen LogP contribution in [0.4, 0.5) is 11.6 Å². The van der Waals surface area contributed by atoms with Gasteiger partial charge in [0, 0.05) is 58.2 Å². The number of thiophene rings is 1. The molecule has 1 aliphatic rings. The molecule has 0 saturated heterocycles. The summed E-state index contributed by atoms with van der Waals surface area (Å²) < 4.78 is 22.1. The first-order chi connectivity index (χ1) is 26.1. The molecule has 3 heterocycles. The lowest BCUT2D eigenvalue weighted by Crippen LogP contribution is -2.31. The average Bonchev–Trinajstić information content (AvgIpc) is 3.60. The summed E-state index contributed by atoms with van der Waals surface area (Å²) in [6, 6.07) is 55.6. The van der Waals surface area contributed by atoms with Crippen molar-refractivity contribution in [3.63, 3.8) is 0 Å². The third-order valence-electron chi connectivity index (χ3n) is 10.0. The zero-order valence-electron chi connectivity index (χ0n) is 29.2. The second kappa shape index (κ2) is 11.3. The maximum atomic E-state index is 8.98. The molecule has 5 heteroatoms. The monoisotopic (exact) mass is 687 g/mol. The molecular formula is C46H28N3PS. The molecule has 0 N–H and O–H groups in total. The Kier molecular flexibility index (Phi) is 5.95. The van der Waals surface area contributed by atoms with Gasteiger partial charge in [-0.25, -0.2) is 9.97 Å². The fourth-order valence-electron chi connectivity index (χ4n) is 7.87. The lowest BCUT2D eigenvalue weighted by molar-refractivity contribution is 1.17. The van der Waals surface area contributed by atoms with Gasteiger partial charge in [0.05, 0.1) is 27.7 Å². The van der Waals surface area contributed by atoms with Crippen LogP contribution >= 0.6 is 19.4 Å². The Hall–Kier alpha value is -5.93. The van der Waals surface area contributed by atoms with E-state index in [1.807, 2.05) is 41.7 Å². The fourth-order valence-corrected chi connectivity index (χ4v) is 11.6. The van der Waals surface area contributed by atoms with Crippen molar-refractivity contribution in [3.05, 3.63) is 170 Å². The second-order valence-electron chi connectivity index (χ2n) is 12.8. The van der Waals surface area contributed by atoms with E-state index in [9.17, 15) is 0 Å². The molecule has 0 spiro atoms. The van der Waals surface area contributed by atoms with Crippen LogP contribution in [0, 0.1) is 0 Å². The molecule has 1 atom stereocenters. The van der Waals surface area contributed by atoms with Gasteiger partial charge in [-0.05, 0) is 28.3 Å². The first-order valence-corrected chi connectivity index (χ1v) is 19.1. The Morgan fingerprint density at radius 2 is 1.29 bits per heavy atom. The minimum atomic E-state index is -1.26. The van der Waals surface area contributed by atoms with E-state index in [0.717, 1.165) is 16.6 Å². The first kappa shape index (κ1) is 26.9. The highest BCUT2D eigenvalue weighted by Crippen LogP contribution is 2.62. The molecule has 51 heavy (non-hydrogen) atoms. The standard InChI is InChI=1S/C46H28N3PS/c1-3-16-30(17-4-1)43-35-23-11-13-25-37(35)47-46(48-43)49-44-41(33-21-9-10-22-34(33)45-42(44)36-24-12-14-26-39(36)51-45)40-32-20-8-7-15-29(32)27-28-38(40)50(49)31-18-5-2-6-19-31/h1-28H/i1D,16D. The van der Waals surface area contributed by atoms with E-state index in [0.29, 0.717) is 23.2 Å². The van der Waals surface area contributed by atoms with Gasteiger partial charge in [-0.3, -0.25) is 4.67 Å². The number of aromatic nitrogens is 2. The zero-order chi connectivity index (χ0) is 35.2. The molecule has 0 fully saturated rings. The van der Waals surface area contributed by atoms with Crippen molar-refractivity contribution in [2.75, 3.05) is 4.67 Å². The molecule has 238 valence electrons. The summed E-state index contributed by atoms with van der Waals surface area (Å²) in [6.07, 6.45) is 0. The number of hydrogen-bond donors (Lipinski definition) is 0. The predicted octanol–water partition coefficient (Wildman–Crippen LogP) is 12.1. The minimum absolute atomic E-state index is 0.269. The van der Waals surface area contributed by atoms with Crippen molar-refractivity contribution in [1.29, 1.82) is 0 Å². The molecule has 1 unspecified atom stereocenters. The largest absolute Gasteiger partial charge is 0.279 e. The van der Waals surface area contributed by atoms with Crippen LogP contribution in [0.1, 0.15) is 2.74 Å². The molecule has 0 saturated carbocycles. The van der Waals surface area contributed by atoms with Gasteiger partial charge in [-0.15, -0.1) is 11.3 Å². The number of rotatable bonds is 3. The summed E-state index contributed by atoms with van der Waals surface area (Å²) >= 11 is 1.85. The highest BCUT2D eigenvalue weighted by molar-refractivity contribution is 7.75. The SMILES string of the molecule is [2H]c1ccc(-c2nc(N3c4c(c5ccccc5c5sc6ccccc6c45)-c4c(ccc5ccccc45)P3c3ccccc3)nc3ccccc23)c([2H])c1. The van der Waals surface area contributed by atoms with E-state index in [1.165, 1.54) is 63.5 Å². The van der Waals surface area contributed by atoms with Crippen molar-refractivity contribution >= 4 is 94.3 Å². The van der Waals surface area contributed by atoms with Crippen LogP contribution < -0.4 is 15.3 Å². The Bertz CT molecular complexity index is 3130. The Balaban J connectivity index is 1.37. The number of para-hydroxylation sites is 1. The fraction of sp³-hybridized carbons (Fsp3) is 0. The highest BCUT2D eigenvalue weighted by Gasteiger charge is 2.39. The summed E-state index contributed by atoms with van der Waals surface area (Å²) in [4.78, 5) is 10.9. The number of fused-ring (bicyclic) bond motifs is 13. The Morgan fingerprint density at radius 3 is 2.16 bits per heavy atom. The molecule has 1 aliphatic heterocycles. The number of anilines is 2. The average molecular weight is 688 g/mol. The molecule has 10 aromatic rings. The molecule has 2 aromatic heterocycles. The lowest BCUT2D eigenvalue weighted by Gasteiger charge is -2.40. The second-order valence-corrected chi connectivity index (χ2v) is 15.9. The molecule has 3 nitrogen and oxygen atoms in total. The van der Waals surface area contributed by atoms with Crippen molar-refractivity contribution < 1.29 is 2.74 Å². The maximum Gasteiger partial charge on any atom is 0.235 e. The summed E-state index contributed by atoms with van der Waals surface area (Å²) in [6.45, 7) is 0. The molecule has 0 bridgehead atoms. The maximum absolute atomic E-state index is 8.98. The van der Waals surface area contributed by atoms with Crippen LogP contribution in [0.2, 0.25) is 0 Å². The number of nitrogens with zero attached hydrogens (tertiary/aromatic N) is 3. The highest BCUT2D eigenvalue weighted by atomic mass is 32.1. The first-order valence-electron chi connectivity index (χ1n) is 18.0. The van der Waals surface area contributed by atoms with Crippen LogP contribution in [-0.4, -0.2) is 9.97 Å². The zero-order valence-corrected chi connectivity index (χ0v) is 28.9. The smallest absolute Gasteiger partial charge is 0.235 e. The van der Waals surface area contributed by atoms with Gasteiger partial charge in [0.1, 0.15) is 0 Å². The molecule has 8 aromatic carbocycles. The van der Waals surface area contributed by atoms with Crippen molar-refractivity contribution in [1.82, 2.24) is 9.97 Å². The molecular weight excluding hydrogens is 658 g/mol. The summed E-state index contributed by atoms with van der Waals surface area (Å²) in [7, 11) is -1.26. The Morgan fingerprint density at radius 1 is 0.569 bits per heavy atom. The van der Waals surface area contributed by atoms with Gasteiger partial charge in [0.25, 0.3) is 0 Å². The molecule has 0 amide bonds. The van der Waals surface area contributed by atoms with E-state index in [2.05, 4.69) is 120 Å². The minimum Gasteiger partial charge on any atom is -0.279 e. The van der Waals surface area contributed by atoms with Crippen LogP contribution in [0.25, 0.3) is 75.0 Å². The van der Waals surface area contributed by atoms with E-state index in [-0.39, 0.29) is 6.04 Å². The van der Waals surface area contributed by atoms with Gasteiger partial charge < -0.3 is 0 Å². The Labute approximate surface area is 302 Å². The van der Waals surface area contributed by atoms with E-state index in [1.54, 1.807) is 12.1 Å². The van der Waals surface area contributed by atoms with Gasteiger partial charge in [0.2, 0.25) is 5.95 Å². The molecule has 11 rings (SSSR count). The van der Waals surface area contributed by atoms with Crippen LogP contribution in [0.3, 0.4) is 0 Å². The molecule has 0 aliphatic carbocycles. The van der Waals surface area contributed by atoms with Crippen LogP contribution in [0.15, 0.2) is 170 Å². The number of benzene rings is 8. The van der Waals surface area contributed by atoms with Gasteiger partial charge >= 0.3 is 0 Å². The topological polar surface area (TPSA) is 29.0 Å². The van der Waals surface area contributed by atoms with E-state index >= 15 is 0 Å². The van der Waals surface area contributed by atoms with Crippen LogP contribution in [0.5, 0.6) is 0 Å². The van der Waals surface area contributed by atoms with E-state index in [4.69, 9.17) is 12.7 Å². The predicted molar refractivity (Wildman–Crippen MR) is 220 cm³/mol. The number of hydrogen-bond acceptors (Lipinski definition) is 4. The summed E-state index contributed by atoms with van der Waals surface area (Å²) in [5.74, 6) is 0.593. The normalized spacial score (nSPS) is 14.6. The van der Waals surface area contributed by atoms with Gasteiger partial charge in [0.15, 0.2) is 0 Å². The quantitative estimate of drug-likeness (QED) is 0.173. The third-order valence-corrected chi connectivity index (χ3v) is 13.6. The van der Waals surface area contributed by atoms with E-state index < -0.39 is 8.07 Å². The summed E-state index contributed by atoms with van der Waals surface area (Å²) in [5.41, 5.74) is 5.75. The van der Waals surface area contributed by atoms with Crippen molar-refractivity contribution in [3.8, 4) is 22.4 Å².